The van der Waals surface area contributed by atoms with Crippen molar-refractivity contribution in [2.45, 2.75) is 5.16 Å². The quantitative estimate of drug-likeness (QED) is 0.831. The summed E-state index contributed by atoms with van der Waals surface area (Å²) in [5.41, 5.74) is 0.193. The predicted octanol–water partition coefficient (Wildman–Crippen LogP) is 1.58. The molecule has 0 aliphatic rings. The van der Waals surface area contributed by atoms with Crippen LogP contribution in [0.3, 0.4) is 0 Å². The lowest BCUT2D eigenvalue weighted by atomic mass is 10.3. The highest BCUT2D eigenvalue weighted by Crippen LogP contribution is 2.20. The highest BCUT2D eigenvalue weighted by atomic mass is 32.2. The van der Waals surface area contributed by atoms with Crippen molar-refractivity contribution in [1.82, 2.24) is 15.0 Å². The Bertz CT molecular complexity index is 920. The van der Waals surface area contributed by atoms with Gasteiger partial charge in [-0.3, -0.25) is 4.21 Å². The van der Waals surface area contributed by atoms with Crippen molar-refractivity contribution in [3.8, 4) is 6.07 Å². The van der Waals surface area contributed by atoms with E-state index in [0.29, 0.717) is 11.6 Å². The van der Waals surface area contributed by atoms with Gasteiger partial charge in [-0.25, -0.2) is 19.2 Å². The van der Waals surface area contributed by atoms with E-state index in [1.807, 2.05) is 6.07 Å². The Morgan fingerprint density at radius 3 is 2.70 bits per heavy atom. The van der Waals surface area contributed by atoms with Gasteiger partial charge >= 0.3 is 0 Å². The predicted molar refractivity (Wildman–Crippen MR) is 88.7 cm³/mol. The van der Waals surface area contributed by atoms with Gasteiger partial charge in [0.05, 0.1) is 17.0 Å². The molecule has 2 aromatic heterocycles. The number of pyridine rings is 1. The first-order valence-electron chi connectivity index (χ1n) is 6.30. The summed E-state index contributed by atoms with van der Waals surface area (Å²) in [5.74, 6) is 0.876. The van der Waals surface area contributed by atoms with E-state index in [-0.39, 0.29) is 16.5 Å². The smallest absolute Gasteiger partial charge is 0.220 e. The van der Waals surface area contributed by atoms with E-state index in [1.165, 1.54) is 25.0 Å². The second-order valence-corrected chi connectivity index (χ2v) is 8.58. The van der Waals surface area contributed by atoms with Crippen molar-refractivity contribution >= 4 is 38.0 Å². The summed E-state index contributed by atoms with van der Waals surface area (Å²) in [5, 5.41) is 12.1. The van der Waals surface area contributed by atoms with Crippen molar-refractivity contribution in [2.75, 3.05) is 24.1 Å². The lowest BCUT2D eigenvalue weighted by molar-refractivity contribution is 0.679. The minimum atomic E-state index is -2.33. The van der Waals surface area contributed by atoms with Gasteiger partial charge in [-0.05, 0) is 12.1 Å². The molecule has 23 heavy (non-hydrogen) atoms. The first-order chi connectivity index (χ1) is 10.8. The van der Waals surface area contributed by atoms with Crippen LogP contribution in [0, 0.1) is 11.3 Å². The summed E-state index contributed by atoms with van der Waals surface area (Å²) in [4.78, 5) is 12.1. The van der Waals surface area contributed by atoms with Gasteiger partial charge < -0.3 is 5.32 Å². The van der Waals surface area contributed by atoms with Crippen molar-refractivity contribution < 1.29 is 8.42 Å². The summed E-state index contributed by atoms with van der Waals surface area (Å²) in [6, 6.07) is 6.91. The molecule has 0 aliphatic carbocycles. The van der Waals surface area contributed by atoms with E-state index in [9.17, 15) is 8.42 Å². The molecule has 1 atom stereocenters. The zero-order valence-corrected chi connectivity index (χ0v) is 14.3. The molecule has 0 saturated carbocycles. The second kappa shape index (κ2) is 6.80. The standard InChI is InChI=1S/C13H14N6O2S2/c1-22(20)13-15-8-9(7-14)12(18-13)17-10-5-4-6-11(16-10)19-23(2,3)21/h4-6,8H,1-3H3,(H,15,16,17,18). The number of nitrogens with zero attached hydrogens (tertiary/aromatic N) is 5. The van der Waals surface area contributed by atoms with Gasteiger partial charge in [0.1, 0.15) is 17.5 Å². The van der Waals surface area contributed by atoms with E-state index in [2.05, 4.69) is 24.6 Å². The Morgan fingerprint density at radius 1 is 1.35 bits per heavy atom. The van der Waals surface area contributed by atoms with Gasteiger partial charge in [-0.2, -0.15) is 9.62 Å². The van der Waals surface area contributed by atoms with Crippen molar-refractivity contribution in [3.05, 3.63) is 30.0 Å². The molecule has 10 heteroatoms. The van der Waals surface area contributed by atoms with Crippen LogP contribution in [0.25, 0.3) is 0 Å². The fraction of sp³-hybridized carbons (Fsp3) is 0.231. The number of hydrogen-bond acceptors (Lipinski definition) is 8. The SMILES string of the molecule is CS(=O)c1ncc(C#N)c(Nc2cccc(N=S(C)(C)=O)n2)n1. The Kier molecular flexibility index (Phi) is 5.02. The van der Waals surface area contributed by atoms with Gasteiger partial charge in [0, 0.05) is 28.5 Å². The highest BCUT2D eigenvalue weighted by molar-refractivity contribution is 7.92. The van der Waals surface area contributed by atoms with Crippen molar-refractivity contribution in [1.29, 1.82) is 5.26 Å². The maximum Gasteiger partial charge on any atom is 0.220 e. The van der Waals surface area contributed by atoms with Crippen LogP contribution in [0.15, 0.2) is 33.9 Å². The average Bonchev–Trinajstić information content (AvgIpc) is 2.45. The molecular weight excluding hydrogens is 336 g/mol. The minimum Gasteiger partial charge on any atom is -0.324 e. The molecule has 0 aliphatic heterocycles. The third kappa shape index (κ3) is 4.80. The van der Waals surface area contributed by atoms with Crippen LogP contribution in [-0.4, -0.2) is 42.1 Å². The van der Waals surface area contributed by atoms with E-state index in [0.717, 1.165) is 0 Å². The molecule has 1 unspecified atom stereocenters. The number of nitrogens with one attached hydrogen (secondary N) is 1. The molecule has 0 fully saturated rings. The maximum absolute atomic E-state index is 11.7. The van der Waals surface area contributed by atoms with Crippen LogP contribution in [0.1, 0.15) is 5.56 Å². The summed E-state index contributed by atoms with van der Waals surface area (Å²) >= 11 is 0. The van der Waals surface area contributed by atoms with E-state index in [4.69, 9.17) is 5.26 Å². The molecule has 2 heterocycles. The summed E-state index contributed by atoms with van der Waals surface area (Å²) in [7, 11) is -3.70. The summed E-state index contributed by atoms with van der Waals surface area (Å²) in [6.07, 6.45) is 5.76. The Labute approximate surface area is 136 Å². The monoisotopic (exact) mass is 350 g/mol. The average molecular weight is 350 g/mol. The van der Waals surface area contributed by atoms with Crippen LogP contribution >= 0.6 is 0 Å². The molecule has 0 bridgehead atoms. The molecule has 0 aromatic carbocycles. The number of aromatic nitrogens is 3. The Hall–Kier alpha value is -2.38. The molecular formula is C13H14N6O2S2. The third-order valence-electron chi connectivity index (χ3n) is 2.44. The maximum atomic E-state index is 11.7. The van der Waals surface area contributed by atoms with Gasteiger partial charge in [0.15, 0.2) is 11.6 Å². The number of nitriles is 1. The van der Waals surface area contributed by atoms with Gasteiger partial charge in [-0.15, -0.1) is 0 Å². The molecule has 120 valence electrons. The largest absolute Gasteiger partial charge is 0.324 e. The van der Waals surface area contributed by atoms with Gasteiger partial charge in [0.2, 0.25) is 5.16 Å². The first kappa shape index (κ1) is 17.0. The van der Waals surface area contributed by atoms with Gasteiger partial charge in [0.25, 0.3) is 0 Å². The van der Waals surface area contributed by atoms with Crippen LogP contribution in [0.4, 0.5) is 17.5 Å². The topological polar surface area (TPSA) is 121 Å². The minimum absolute atomic E-state index is 0.109. The molecule has 0 radical (unpaired) electrons. The van der Waals surface area contributed by atoms with Crippen molar-refractivity contribution in [3.63, 3.8) is 0 Å². The van der Waals surface area contributed by atoms with E-state index in [1.54, 1.807) is 18.2 Å². The number of anilines is 2. The lowest BCUT2D eigenvalue weighted by Gasteiger charge is -2.07. The molecule has 0 saturated heterocycles. The molecule has 2 aromatic rings. The van der Waals surface area contributed by atoms with Crippen LogP contribution in [0.5, 0.6) is 0 Å². The van der Waals surface area contributed by atoms with Crippen LogP contribution in [0.2, 0.25) is 0 Å². The summed E-state index contributed by atoms with van der Waals surface area (Å²) < 4.78 is 27.2. The highest BCUT2D eigenvalue weighted by Gasteiger charge is 2.10. The normalized spacial score (nSPS) is 12.3. The molecule has 0 amide bonds. The van der Waals surface area contributed by atoms with E-state index >= 15 is 0 Å². The molecule has 8 nitrogen and oxygen atoms in total. The Morgan fingerprint density at radius 2 is 2.09 bits per heavy atom. The number of rotatable bonds is 4. The van der Waals surface area contributed by atoms with Crippen LogP contribution in [-0.2, 0) is 20.5 Å². The lowest BCUT2D eigenvalue weighted by Crippen LogP contribution is -2.04. The molecule has 1 N–H and O–H groups in total. The third-order valence-corrected chi connectivity index (χ3v) is 3.78. The van der Waals surface area contributed by atoms with Crippen LogP contribution < -0.4 is 5.32 Å². The van der Waals surface area contributed by atoms with E-state index < -0.39 is 20.5 Å². The number of hydrogen-bond donors (Lipinski definition) is 1. The first-order valence-corrected chi connectivity index (χ1v) is 10.2. The zero-order valence-electron chi connectivity index (χ0n) is 12.7. The van der Waals surface area contributed by atoms with Crippen molar-refractivity contribution in [2.24, 2.45) is 4.36 Å². The molecule has 0 spiro atoms. The summed E-state index contributed by atoms with van der Waals surface area (Å²) in [6.45, 7) is 0. The molecule has 2 rings (SSSR count). The Balaban J connectivity index is 2.42. The second-order valence-electron chi connectivity index (χ2n) is 4.76. The van der Waals surface area contributed by atoms with Gasteiger partial charge in [-0.1, -0.05) is 6.07 Å². The fourth-order valence-electron chi connectivity index (χ4n) is 1.57. The zero-order chi connectivity index (χ0) is 17.0. The fourth-order valence-corrected chi connectivity index (χ4v) is 2.54.